The van der Waals surface area contributed by atoms with Gasteiger partial charge in [0, 0.05) is 29.8 Å². The number of urea groups is 1. The number of aryl methyl sites for hydroxylation is 1. The first-order valence-electron chi connectivity index (χ1n) is 9.27. The van der Waals surface area contributed by atoms with E-state index in [1.165, 1.54) is 6.07 Å². The number of rotatable bonds is 5. The van der Waals surface area contributed by atoms with Crippen molar-refractivity contribution < 1.29 is 17.9 Å². The maximum atomic E-state index is 12.6. The van der Waals surface area contributed by atoms with Crippen LogP contribution in [-0.4, -0.2) is 45.6 Å². The second kappa shape index (κ2) is 9.02. The van der Waals surface area contributed by atoms with Crippen molar-refractivity contribution in [3.63, 3.8) is 0 Å². The van der Waals surface area contributed by atoms with Crippen molar-refractivity contribution in [2.24, 2.45) is 0 Å². The molecule has 2 aromatic carbocycles. The van der Waals surface area contributed by atoms with Gasteiger partial charge in [-0.2, -0.15) is 0 Å². The Kier molecular flexibility index (Phi) is 6.66. The maximum Gasteiger partial charge on any atom is 0.321 e. The zero-order valence-electron chi connectivity index (χ0n) is 16.3. The molecule has 0 radical (unpaired) electrons. The fourth-order valence-electron chi connectivity index (χ4n) is 3.11. The number of benzene rings is 2. The lowest BCUT2D eigenvalue weighted by Gasteiger charge is -2.32. The minimum atomic E-state index is -3.66. The highest BCUT2D eigenvalue weighted by Gasteiger charge is 2.27. The van der Waals surface area contributed by atoms with Crippen molar-refractivity contribution in [1.29, 1.82) is 0 Å². The number of likely N-dealkylation sites (tertiary alicyclic amines) is 1. The summed E-state index contributed by atoms with van der Waals surface area (Å²) >= 11 is 6.05. The van der Waals surface area contributed by atoms with Crippen LogP contribution in [0.3, 0.4) is 0 Å². The van der Waals surface area contributed by atoms with E-state index < -0.39 is 10.0 Å². The van der Waals surface area contributed by atoms with Gasteiger partial charge in [0.15, 0.2) is 0 Å². The van der Waals surface area contributed by atoms with Gasteiger partial charge in [-0.3, -0.25) is 0 Å². The molecule has 0 spiro atoms. The van der Waals surface area contributed by atoms with Gasteiger partial charge in [-0.15, -0.1) is 0 Å². The van der Waals surface area contributed by atoms with Gasteiger partial charge in [-0.1, -0.05) is 17.7 Å². The SMILES string of the molecule is COc1ccc(NC(=O)N2CCC(NS(=O)(=O)c3ccc(C)c(Cl)c3)CC2)cc1. The average molecular weight is 438 g/mol. The summed E-state index contributed by atoms with van der Waals surface area (Å²) in [5.74, 6) is 0.714. The fourth-order valence-corrected chi connectivity index (χ4v) is 4.68. The molecule has 29 heavy (non-hydrogen) atoms. The lowest BCUT2D eigenvalue weighted by molar-refractivity contribution is 0.193. The second-order valence-corrected chi connectivity index (χ2v) is 9.07. The lowest BCUT2D eigenvalue weighted by Crippen LogP contribution is -2.47. The van der Waals surface area contributed by atoms with Crippen LogP contribution in [-0.2, 0) is 10.0 Å². The zero-order chi connectivity index (χ0) is 21.0. The predicted octanol–water partition coefficient (Wildman–Crippen LogP) is 3.63. The minimum Gasteiger partial charge on any atom is -0.497 e. The molecular formula is C20H24ClN3O4S. The number of methoxy groups -OCH3 is 1. The number of ether oxygens (including phenoxy) is 1. The van der Waals surface area contributed by atoms with Crippen molar-refractivity contribution in [1.82, 2.24) is 9.62 Å². The Morgan fingerprint density at radius 2 is 1.79 bits per heavy atom. The van der Waals surface area contributed by atoms with Crippen molar-refractivity contribution in [2.45, 2.75) is 30.7 Å². The van der Waals surface area contributed by atoms with Crippen molar-refractivity contribution in [2.75, 3.05) is 25.5 Å². The number of nitrogens with zero attached hydrogens (tertiary/aromatic N) is 1. The second-order valence-electron chi connectivity index (χ2n) is 6.95. The number of halogens is 1. The van der Waals surface area contributed by atoms with Crippen LogP contribution in [0.4, 0.5) is 10.5 Å². The molecule has 1 fully saturated rings. The molecule has 7 nitrogen and oxygen atoms in total. The van der Waals surface area contributed by atoms with Gasteiger partial charge in [0.25, 0.3) is 0 Å². The highest BCUT2D eigenvalue weighted by atomic mass is 35.5. The Morgan fingerprint density at radius 1 is 1.14 bits per heavy atom. The third-order valence-corrected chi connectivity index (χ3v) is 6.82. The summed E-state index contributed by atoms with van der Waals surface area (Å²) in [6.07, 6.45) is 1.07. The molecule has 0 bridgehead atoms. The normalized spacial score (nSPS) is 15.2. The molecule has 0 aliphatic carbocycles. The quantitative estimate of drug-likeness (QED) is 0.747. The molecule has 2 N–H and O–H groups in total. The topological polar surface area (TPSA) is 87.7 Å². The van der Waals surface area contributed by atoms with E-state index in [1.807, 2.05) is 6.92 Å². The molecule has 3 rings (SSSR count). The number of hydrogen-bond donors (Lipinski definition) is 2. The molecule has 1 aliphatic rings. The molecule has 9 heteroatoms. The van der Waals surface area contributed by atoms with Crippen LogP contribution in [0.5, 0.6) is 5.75 Å². The smallest absolute Gasteiger partial charge is 0.321 e. The van der Waals surface area contributed by atoms with Crippen LogP contribution in [0.15, 0.2) is 47.4 Å². The van der Waals surface area contributed by atoms with E-state index in [1.54, 1.807) is 48.4 Å². The number of nitrogens with one attached hydrogen (secondary N) is 2. The van der Waals surface area contributed by atoms with E-state index in [4.69, 9.17) is 16.3 Å². The van der Waals surface area contributed by atoms with Gasteiger partial charge >= 0.3 is 6.03 Å². The summed E-state index contributed by atoms with van der Waals surface area (Å²) in [7, 11) is -2.07. The predicted molar refractivity (Wildman–Crippen MR) is 113 cm³/mol. The van der Waals surface area contributed by atoms with Gasteiger partial charge in [-0.25, -0.2) is 17.9 Å². The molecule has 1 aliphatic heterocycles. The van der Waals surface area contributed by atoms with Crippen molar-refractivity contribution in [3.05, 3.63) is 53.1 Å². The van der Waals surface area contributed by atoms with Crippen molar-refractivity contribution >= 4 is 33.3 Å². The number of sulfonamides is 1. The molecule has 156 valence electrons. The summed E-state index contributed by atoms with van der Waals surface area (Å²) in [4.78, 5) is 14.3. The van der Waals surface area contributed by atoms with E-state index in [2.05, 4.69) is 10.0 Å². The number of anilines is 1. The molecule has 1 heterocycles. The van der Waals surface area contributed by atoms with Gasteiger partial charge in [0.1, 0.15) is 5.75 Å². The summed E-state index contributed by atoms with van der Waals surface area (Å²) in [5, 5.41) is 3.26. The largest absolute Gasteiger partial charge is 0.497 e. The minimum absolute atomic E-state index is 0.146. The van der Waals surface area contributed by atoms with Crippen LogP contribution >= 0.6 is 11.6 Å². The molecule has 0 unspecified atom stereocenters. The Hall–Kier alpha value is -2.29. The molecule has 1 saturated heterocycles. The summed E-state index contributed by atoms with van der Waals surface area (Å²) in [5.41, 5.74) is 1.50. The maximum absolute atomic E-state index is 12.6. The zero-order valence-corrected chi connectivity index (χ0v) is 17.9. The molecule has 0 saturated carbocycles. The summed E-state index contributed by atoms with van der Waals surface area (Å²) < 4.78 is 33.0. The molecule has 0 aromatic heterocycles. The first-order chi connectivity index (χ1) is 13.8. The Bertz CT molecular complexity index is 972. The van der Waals surface area contributed by atoms with Crippen molar-refractivity contribution in [3.8, 4) is 5.75 Å². The summed E-state index contributed by atoms with van der Waals surface area (Å²) in [6, 6.07) is 11.3. The number of piperidine rings is 1. The van der Waals surface area contributed by atoms with Crippen LogP contribution in [0.2, 0.25) is 5.02 Å². The molecule has 2 amide bonds. The Balaban J connectivity index is 1.54. The number of amides is 2. The van der Waals surface area contributed by atoms with Crippen LogP contribution in [0, 0.1) is 6.92 Å². The molecular weight excluding hydrogens is 414 g/mol. The first-order valence-corrected chi connectivity index (χ1v) is 11.1. The van der Waals surface area contributed by atoms with Gasteiger partial charge in [0.2, 0.25) is 10.0 Å². The number of hydrogen-bond acceptors (Lipinski definition) is 4. The number of carbonyl (C=O) groups is 1. The Morgan fingerprint density at radius 3 is 2.38 bits per heavy atom. The van der Waals surface area contributed by atoms with Gasteiger partial charge in [0.05, 0.1) is 12.0 Å². The van der Waals surface area contributed by atoms with Crippen LogP contribution in [0.25, 0.3) is 0 Å². The van der Waals surface area contributed by atoms with E-state index in [9.17, 15) is 13.2 Å². The van der Waals surface area contributed by atoms with Gasteiger partial charge < -0.3 is 15.0 Å². The molecule has 0 atom stereocenters. The molecule has 2 aromatic rings. The number of carbonyl (C=O) groups excluding carboxylic acids is 1. The third kappa shape index (κ3) is 5.41. The highest BCUT2D eigenvalue weighted by molar-refractivity contribution is 7.89. The van der Waals surface area contributed by atoms with E-state index in [0.29, 0.717) is 42.4 Å². The van der Waals surface area contributed by atoms with Crippen LogP contribution < -0.4 is 14.8 Å². The average Bonchev–Trinajstić information content (AvgIpc) is 2.70. The highest BCUT2D eigenvalue weighted by Crippen LogP contribution is 2.22. The first kappa shape index (κ1) is 21.4. The third-order valence-electron chi connectivity index (χ3n) is 4.90. The monoisotopic (exact) mass is 437 g/mol. The Labute approximate surface area is 176 Å². The fraction of sp³-hybridized carbons (Fsp3) is 0.350. The van der Waals surface area contributed by atoms with E-state index in [0.717, 1.165) is 5.56 Å². The lowest BCUT2D eigenvalue weighted by atomic mass is 10.1. The summed E-state index contributed by atoms with van der Waals surface area (Å²) in [6.45, 7) is 2.74. The van der Waals surface area contributed by atoms with E-state index in [-0.39, 0.29) is 17.0 Å². The van der Waals surface area contributed by atoms with E-state index >= 15 is 0 Å². The standard InChI is InChI=1S/C20H24ClN3O4S/c1-14-3-8-18(13-19(14)21)29(26,27)23-16-9-11-24(12-10-16)20(25)22-15-4-6-17(28-2)7-5-15/h3-8,13,16,23H,9-12H2,1-2H3,(H,22,25). The van der Waals surface area contributed by atoms with Gasteiger partial charge in [-0.05, 0) is 61.7 Å². The van der Waals surface area contributed by atoms with Crippen LogP contribution in [0.1, 0.15) is 18.4 Å².